The van der Waals surface area contributed by atoms with Crippen molar-refractivity contribution in [3.05, 3.63) is 0 Å². The molecule has 4 heteroatoms. The van der Waals surface area contributed by atoms with Crippen LogP contribution in [-0.4, -0.2) is 47.2 Å². The minimum absolute atomic E-state index is 0.204. The summed E-state index contributed by atoms with van der Waals surface area (Å²) in [5.41, 5.74) is 0.204. The highest BCUT2D eigenvalue weighted by atomic mass is 16.4. The second-order valence-electron chi connectivity index (χ2n) is 6.44. The van der Waals surface area contributed by atoms with E-state index in [4.69, 9.17) is 5.11 Å². The van der Waals surface area contributed by atoms with Crippen LogP contribution in [0.1, 0.15) is 47.0 Å². The summed E-state index contributed by atoms with van der Waals surface area (Å²) >= 11 is 0. The van der Waals surface area contributed by atoms with Gasteiger partial charge in [0.05, 0.1) is 0 Å². The molecule has 0 aromatic heterocycles. The molecule has 18 heavy (non-hydrogen) atoms. The number of hydrogen-bond donors (Lipinski definition) is 2. The first kappa shape index (κ1) is 15.4. The maximum absolute atomic E-state index is 10.7. The van der Waals surface area contributed by atoms with Crippen LogP contribution in [0.4, 0.5) is 0 Å². The molecule has 0 spiro atoms. The molecule has 1 rings (SSSR count). The maximum atomic E-state index is 10.7. The molecule has 1 unspecified atom stereocenters. The Morgan fingerprint density at radius 1 is 1.50 bits per heavy atom. The summed E-state index contributed by atoms with van der Waals surface area (Å²) < 4.78 is 0. The van der Waals surface area contributed by atoms with Gasteiger partial charge in [-0.1, -0.05) is 13.8 Å². The molecule has 1 saturated heterocycles. The normalized spacial score (nSPS) is 25.1. The molecule has 0 aliphatic carbocycles. The van der Waals surface area contributed by atoms with Crippen molar-refractivity contribution in [2.24, 2.45) is 5.92 Å². The molecule has 0 amide bonds. The lowest BCUT2D eigenvalue weighted by Crippen LogP contribution is -2.48. The zero-order chi connectivity index (χ0) is 13.8. The van der Waals surface area contributed by atoms with Gasteiger partial charge in [-0.25, -0.2) is 0 Å². The third-order valence-corrected chi connectivity index (χ3v) is 3.76. The Balaban J connectivity index is 2.61. The monoisotopic (exact) mass is 256 g/mol. The highest BCUT2D eigenvalue weighted by molar-refractivity contribution is 5.66. The number of hydrogen-bond acceptors (Lipinski definition) is 3. The molecule has 0 bridgehead atoms. The van der Waals surface area contributed by atoms with E-state index in [1.165, 1.54) is 0 Å². The van der Waals surface area contributed by atoms with Crippen LogP contribution in [-0.2, 0) is 4.79 Å². The second kappa shape index (κ2) is 6.53. The lowest BCUT2D eigenvalue weighted by molar-refractivity contribution is -0.137. The van der Waals surface area contributed by atoms with E-state index in [9.17, 15) is 4.79 Å². The zero-order valence-corrected chi connectivity index (χ0v) is 12.2. The van der Waals surface area contributed by atoms with Crippen molar-refractivity contribution < 1.29 is 9.90 Å². The first-order chi connectivity index (χ1) is 8.31. The van der Waals surface area contributed by atoms with Crippen LogP contribution < -0.4 is 5.32 Å². The van der Waals surface area contributed by atoms with Crippen molar-refractivity contribution in [3.8, 4) is 0 Å². The highest BCUT2D eigenvalue weighted by Gasteiger charge is 2.31. The molecule has 4 nitrogen and oxygen atoms in total. The molecule has 1 atom stereocenters. The molecule has 1 aliphatic rings. The summed E-state index contributed by atoms with van der Waals surface area (Å²) in [7, 11) is 0. The van der Waals surface area contributed by atoms with Crippen molar-refractivity contribution >= 4 is 5.97 Å². The summed E-state index contributed by atoms with van der Waals surface area (Å²) in [6.07, 6.45) is 2.09. The highest BCUT2D eigenvalue weighted by Crippen LogP contribution is 2.23. The van der Waals surface area contributed by atoms with E-state index in [-0.39, 0.29) is 12.0 Å². The fraction of sp³-hybridized carbons (Fsp3) is 0.929. The number of carbonyl (C=O) groups is 1. The van der Waals surface area contributed by atoms with E-state index in [0.29, 0.717) is 12.0 Å². The van der Waals surface area contributed by atoms with Gasteiger partial charge in [0.15, 0.2) is 0 Å². The Bertz CT molecular complexity index is 277. The van der Waals surface area contributed by atoms with Gasteiger partial charge in [0, 0.05) is 31.1 Å². The van der Waals surface area contributed by atoms with Crippen molar-refractivity contribution in [2.75, 3.05) is 19.6 Å². The topological polar surface area (TPSA) is 52.6 Å². The zero-order valence-electron chi connectivity index (χ0n) is 12.2. The lowest BCUT2D eigenvalue weighted by Gasteiger charge is -2.39. The summed E-state index contributed by atoms with van der Waals surface area (Å²) in [4.78, 5) is 13.2. The van der Waals surface area contributed by atoms with Crippen molar-refractivity contribution in [1.29, 1.82) is 0 Å². The van der Waals surface area contributed by atoms with Gasteiger partial charge in [-0.2, -0.15) is 0 Å². The largest absolute Gasteiger partial charge is 0.481 e. The van der Waals surface area contributed by atoms with Crippen LogP contribution in [0.2, 0.25) is 0 Å². The van der Waals surface area contributed by atoms with Crippen LogP contribution in [0.3, 0.4) is 0 Å². The summed E-state index contributed by atoms with van der Waals surface area (Å²) in [5.74, 6) is -0.0572. The van der Waals surface area contributed by atoms with Crippen LogP contribution in [0, 0.1) is 5.92 Å². The molecule has 1 heterocycles. The molecular weight excluding hydrogens is 228 g/mol. The first-order valence-corrected chi connectivity index (χ1v) is 7.01. The molecule has 0 saturated carbocycles. The average molecular weight is 256 g/mol. The van der Waals surface area contributed by atoms with Crippen LogP contribution >= 0.6 is 0 Å². The van der Waals surface area contributed by atoms with Gasteiger partial charge in [-0.15, -0.1) is 0 Å². The van der Waals surface area contributed by atoms with E-state index in [2.05, 4.69) is 37.9 Å². The average Bonchev–Trinajstić information content (AvgIpc) is 2.35. The third kappa shape index (κ3) is 4.94. The lowest BCUT2D eigenvalue weighted by atomic mass is 9.97. The first-order valence-electron chi connectivity index (χ1n) is 7.01. The summed E-state index contributed by atoms with van der Waals surface area (Å²) in [5, 5.41) is 12.3. The van der Waals surface area contributed by atoms with Gasteiger partial charge in [0.25, 0.3) is 0 Å². The molecule has 0 aromatic rings. The second-order valence-corrected chi connectivity index (χ2v) is 6.44. The van der Waals surface area contributed by atoms with E-state index >= 15 is 0 Å². The third-order valence-electron chi connectivity index (χ3n) is 3.76. The van der Waals surface area contributed by atoms with Crippen molar-refractivity contribution in [1.82, 2.24) is 10.2 Å². The van der Waals surface area contributed by atoms with Crippen LogP contribution in [0.25, 0.3) is 0 Å². The Hall–Kier alpha value is -0.610. The number of carboxylic acid groups (broad SMARTS) is 1. The number of aliphatic carboxylic acids is 1. The quantitative estimate of drug-likeness (QED) is 0.789. The van der Waals surface area contributed by atoms with E-state index in [0.717, 1.165) is 32.5 Å². The predicted octanol–water partition coefficient (Wildman–Crippen LogP) is 1.95. The van der Waals surface area contributed by atoms with Gasteiger partial charge in [0.1, 0.15) is 0 Å². The Kier molecular flexibility index (Phi) is 5.60. The maximum Gasteiger partial charge on any atom is 0.303 e. The molecular formula is C14H28N2O2. The van der Waals surface area contributed by atoms with Gasteiger partial charge < -0.3 is 10.4 Å². The number of rotatable bonds is 5. The molecule has 0 aromatic carbocycles. The van der Waals surface area contributed by atoms with Gasteiger partial charge in [0.2, 0.25) is 0 Å². The Morgan fingerprint density at radius 2 is 2.17 bits per heavy atom. The number of nitrogens with zero attached hydrogens (tertiary/aromatic N) is 1. The fourth-order valence-electron chi connectivity index (χ4n) is 2.57. The Morgan fingerprint density at radius 3 is 2.72 bits per heavy atom. The predicted molar refractivity (Wildman–Crippen MR) is 73.8 cm³/mol. The molecule has 106 valence electrons. The molecule has 0 radical (unpaired) electrons. The smallest absolute Gasteiger partial charge is 0.303 e. The minimum atomic E-state index is -0.698. The Labute approximate surface area is 111 Å². The number of carboxylic acids is 1. The minimum Gasteiger partial charge on any atom is -0.481 e. The number of nitrogens with one attached hydrogen (secondary N) is 1. The molecule has 1 fully saturated rings. The van der Waals surface area contributed by atoms with E-state index in [1.807, 2.05) is 0 Å². The molecule has 1 aliphatic heterocycles. The van der Waals surface area contributed by atoms with Crippen LogP contribution in [0.15, 0.2) is 0 Å². The van der Waals surface area contributed by atoms with Crippen molar-refractivity contribution in [2.45, 2.75) is 58.5 Å². The standard InChI is InChI=1S/C14H28N2O2/c1-11(2)9-16-10-12(5-6-13(17)18)15-8-7-14(16,3)4/h11-12,15H,5-10H2,1-4H3,(H,17,18). The van der Waals surface area contributed by atoms with E-state index in [1.54, 1.807) is 0 Å². The summed E-state index contributed by atoms with van der Waals surface area (Å²) in [6.45, 7) is 12.1. The summed E-state index contributed by atoms with van der Waals surface area (Å²) in [6, 6.07) is 0.307. The van der Waals surface area contributed by atoms with E-state index < -0.39 is 5.97 Å². The van der Waals surface area contributed by atoms with Gasteiger partial charge in [-0.3, -0.25) is 9.69 Å². The van der Waals surface area contributed by atoms with Crippen LogP contribution in [0.5, 0.6) is 0 Å². The SMILES string of the molecule is CC(C)CN1CC(CCC(=O)O)NCCC1(C)C. The van der Waals surface area contributed by atoms with Gasteiger partial charge >= 0.3 is 5.97 Å². The van der Waals surface area contributed by atoms with Gasteiger partial charge in [-0.05, 0) is 39.2 Å². The molecule has 2 N–H and O–H groups in total. The van der Waals surface area contributed by atoms with Crippen molar-refractivity contribution in [3.63, 3.8) is 0 Å². The fourth-order valence-corrected chi connectivity index (χ4v) is 2.57.